The van der Waals surface area contributed by atoms with Crippen LogP contribution in [0.15, 0.2) is 48.8 Å². The molecule has 40 heavy (non-hydrogen) atoms. The molecule has 0 aliphatic carbocycles. The molecule has 1 N–H and O–H groups in total. The number of hydrogen-bond acceptors (Lipinski definition) is 7. The summed E-state index contributed by atoms with van der Waals surface area (Å²) in [7, 11) is 0. The molecular formula is C31H36F2N4O3. The minimum absolute atomic E-state index is 0.0482. The summed E-state index contributed by atoms with van der Waals surface area (Å²) in [5.41, 5.74) is 2.63. The number of rotatable bonds is 8. The first-order valence-electron chi connectivity index (χ1n) is 14.1. The van der Waals surface area contributed by atoms with Gasteiger partial charge in [0.1, 0.15) is 18.2 Å². The first kappa shape index (κ1) is 28.0. The van der Waals surface area contributed by atoms with Crippen LogP contribution >= 0.6 is 0 Å². The van der Waals surface area contributed by atoms with Crippen LogP contribution in [0.1, 0.15) is 56.6 Å². The van der Waals surface area contributed by atoms with Crippen molar-refractivity contribution in [3.05, 3.63) is 71.6 Å². The first-order valence-corrected chi connectivity index (χ1v) is 14.1. The summed E-state index contributed by atoms with van der Waals surface area (Å²) in [6, 6.07) is 9.99. The lowest BCUT2D eigenvalue weighted by Gasteiger charge is -2.32. The summed E-state index contributed by atoms with van der Waals surface area (Å²) in [6.45, 7) is 6.69. The van der Waals surface area contributed by atoms with Crippen LogP contribution in [-0.2, 0) is 16.1 Å². The largest absolute Gasteiger partial charge is 0.485 e. The third-order valence-corrected chi connectivity index (χ3v) is 7.75. The maximum absolute atomic E-state index is 15.1. The summed E-state index contributed by atoms with van der Waals surface area (Å²) >= 11 is 0. The molecule has 3 aromatic rings. The smallest absolute Gasteiger partial charge is 0.309 e. The van der Waals surface area contributed by atoms with Gasteiger partial charge in [0.2, 0.25) is 0 Å². The number of benzene rings is 1. The minimum atomic E-state index is -0.784. The summed E-state index contributed by atoms with van der Waals surface area (Å²) < 4.78 is 40.6. The molecule has 2 unspecified atom stereocenters. The molecule has 9 heteroatoms. The van der Waals surface area contributed by atoms with Crippen LogP contribution in [0.4, 0.5) is 14.6 Å². The quantitative estimate of drug-likeness (QED) is 0.364. The Morgan fingerprint density at radius 1 is 1.12 bits per heavy atom. The van der Waals surface area contributed by atoms with Gasteiger partial charge >= 0.3 is 5.97 Å². The molecule has 7 nitrogen and oxygen atoms in total. The fourth-order valence-electron chi connectivity index (χ4n) is 5.65. The monoisotopic (exact) mass is 550 g/mol. The number of esters is 1. The first-order chi connectivity index (χ1) is 19.4. The van der Waals surface area contributed by atoms with E-state index in [4.69, 9.17) is 14.5 Å². The minimum Gasteiger partial charge on any atom is -0.485 e. The number of carbonyl (C=O) groups excluding carboxylic acids is 1. The highest BCUT2D eigenvalue weighted by Gasteiger charge is 2.27. The van der Waals surface area contributed by atoms with Crippen LogP contribution in [0, 0.1) is 17.6 Å². The number of carbonyl (C=O) groups is 1. The van der Waals surface area contributed by atoms with Gasteiger partial charge in [-0.25, -0.2) is 13.8 Å². The number of anilines is 1. The summed E-state index contributed by atoms with van der Waals surface area (Å²) in [4.78, 5) is 23.3. The van der Waals surface area contributed by atoms with E-state index in [1.807, 2.05) is 18.3 Å². The fraction of sp³-hybridized carbons (Fsp3) is 0.452. The van der Waals surface area contributed by atoms with Gasteiger partial charge in [0.05, 0.1) is 18.2 Å². The Kier molecular flexibility index (Phi) is 8.89. The number of ether oxygens (including phenoxy) is 2. The van der Waals surface area contributed by atoms with Gasteiger partial charge in [-0.05, 0) is 81.8 Å². The van der Waals surface area contributed by atoms with Crippen LogP contribution < -0.4 is 15.0 Å². The number of halogens is 2. The number of piperidine rings is 2. The summed E-state index contributed by atoms with van der Waals surface area (Å²) in [5.74, 6) is -0.720. The molecule has 1 aromatic carbocycles. The standard InChI is InChI=1S/C31H36F2N4O3/c1-3-39-31(38)22-8-11-37(12-9-22)29-6-4-5-28(36-29)26-15-25(32)16-27(33)30(26)40-19-21-14-24(18-34-17-21)23-7-10-35-20(2)13-23/h4-6,14-18,20,22-23,35H,3,7-13,19H2,1-2H3. The highest BCUT2D eigenvalue weighted by Crippen LogP contribution is 2.35. The zero-order chi connectivity index (χ0) is 28.1. The second-order valence-corrected chi connectivity index (χ2v) is 10.7. The van der Waals surface area contributed by atoms with E-state index in [0.717, 1.165) is 36.6 Å². The lowest BCUT2D eigenvalue weighted by Crippen LogP contribution is -2.37. The summed E-state index contributed by atoms with van der Waals surface area (Å²) in [6.07, 6.45) is 7.00. The van der Waals surface area contributed by atoms with Crippen LogP contribution in [0.3, 0.4) is 0 Å². The van der Waals surface area contributed by atoms with Gasteiger partial charge in [0.25, 0.3) is 0 Å². The zero-order valence-corrected chi connectivity index (χ0v) is 23.0. The maximum atomic E-state index is 15.1. The Morgan fingerprint density at radius 3 is 2.73 bits per heavy atom. The molecule has 2 aliphatic rings. The molecule has 2 aliphatic heterocycles. The van der Waals surface area contributed by atoms with E-state index in [0.29, 0.717) is 56.0 Å². The van der Waals surface area contributed by atoms with Crippen molar-refractivity contribution in [1.29, 1.82) is 0 Å². The van der Waals surface area contributed by atoms with Crippen molar-refractivity contribution in [3.8, 4) is 17.0 Å². The van der Waals surface area contributed by atoms with Crippen LogP contribution in [-0.4, -0.2) is 48.2 Å². The van der Waals surface area contributed by atoms with E-state index in [-0.39, 0.29) is 29.8 Å². The third kappa shape index (κ3) is 6.58. The van der Waals surface area contributed by atoms with E-state index < -0.39 is 11.6 Å². The zero-order valence-electron chi connectivity index (χ0n) is 23.0. The topological polar surface area (TPSA) is 76.6 Å². The predicted octanol–water partition coefficient (Wildman–Crippen LogP) is 5.64. The van der Waals surface area contributed by atoms with Crippen molar-refractivity contribution < 1.29 is 23.0 Å². The molecule has 0 radical (unpaired) electrons. The second-order valence-electron chi connectivity index (χ2n) is 10.7. The molecule has 2 fully saturated rings. The second kappa shape index (κ2) is 12.7. The van der Waals surface area contributed by atoms with Gasteiger partial charge < -0.3 is 19.7 Å². The number of nitrogens with one attached hydrogen (secondary N) is 1. The van der Waals surface area contributed by atoms with Gasteiger partial charge in [0, 0.05) is 48.7 Å². The molecule has 5 rings (SSSR count). The van der Waals surface area contributed by atoms with Crippen molar-refractivity contribution in [2.75, 3.05) is 31.1 Å². The Hall–Kier alpha value is -3.59. The van der Waals surface area contributed by atoms with Crippen LogP contribution in [0.2, 0.25) is 0 Å². The van der Waals surface area contributed by atoms with E-state index in [2.05, 4.69) is 28.2 Å². The Labute approximate surface area is 233 Å². The highest BCUT2D eigenvalue weighted by atomic mass is 19.1. The van der Waals surface area contributed by atoms with E-state index in [1.165, 1.54) is 6.07 Å². The lowest BCUT2D eigenvalue weighted by atomic mass is 9.87. The van der Waals surface area contributed by atoms with Gasteiger partial charge in [-0.15, -0.1) is 0 Å². The van der Waals surface area contributed by atoms with Gasteiger partial charge in [-0.1, -0.05) is 6.07 Å². The van der Waals surface area contributed by atoms with Crippen molar-refractivity contribution in [2.24, 2.45) is 5.92 Å². The molecule has 2 aromatic heterocycles. The molecule has 0 bridgehead atoms. The SMILES string of the molecule is CCOC(=O)C1CCN(c2cccc(-c3cc(F)cc(F)c3OCc3cncc(C4CCNC(C)C4)c3)n2)CC1. The molecule has 2 atom stereocenters. The predicted molar refractivity (Wildman–Crippen MR) is 149 cm³/mol. The number of nitrogens with zero attached hydrogens (tertiary/aromatic N) is 3. The van der Waals surface area contributed by atoms with Crippen LogP contribution in [0.5, 0.6) is 5.75 Å². The van der Waals surface area contributed by atoms with Crippen molar-refractivity contribution in [3.63, 3.8) is 0 Å². The van der Waals surface area contributed by atoms with E-state index >= 15 is 4.39 Å². The number of pyridine rings is 2. The normalized spacial score (nSPS) is 19.9. The van der Waals surface area contributed by atoms with Crippen molar-refractivity contribution in [2.45, 2.75) is 58.1 Å². The molecular weight excluding hydrogens is 514 g/mol. The third-order valence-electron chi connectivity index (χ3n) is 7.75. The molecule has 2 saturated heterocycles. The summed E-state index contributed by atoms with van der Waals surface area (Å²) in [5, 5.41) is 3.47. The maximum Gasteiger partial charge on any atom is 0.309 e. The average Bonchev–Trinajstić information content (AvgIpc) is 2.97. The van der Waals surface area contributed by atoms with Gasteiger partial charge in [-0.3, -0.25) is 9.78 Å². The van der Waals surface area contributed by atoms with Gasteiger partial charge in [-0.2, -0.15) is 0 Å². The number of hydrogen-bond donors (Lipinski definition) is 1. The molecule has 0 amide bonds. The Balaban J connectivity index is 1.33. The highest BCUT2D eigenvalue weighted by molar-refractivity contribution is 5.73. The van der Waals surface area contributed by atoms with E-state index in [9.17, 15) is 9.18 Å². The Bertz CT molecular complexity index is 1330. The van der Waals surface area contributed by atoms with E-state index in [1.54, 1.807) is 19.2 Å². The number of aromatic nitrogens is 2. The van der Waals surface area contributed by atoms with Crippen molar-refractivity contribution in [1.82, 2.24) is 15.3 Å². The molecule has 0 saturated carbocycles. The van der Waals surface area contributed by atoms with Gasteiger partial charge in [0.15, 0.2) is 11.6 Å². The molecule has 4 heterocycles. The molecule has 0 spiro atoms. The lowest BCUT2D eigenvalue weighted by molar-refractivity contribution is -0.148. The Morgan fingerprint density at radius 2 is 1.95 bits per heavy atom. The van der Waals surface area contributed by atoms with Crippen molar-refractivity contribution >= 4 is 11.8 Å². The van der Waals surface area contributed by atoms with Crippen LogP contribution in [0.25, 0.3) is 11.3 Å². The fourth-order valence-corrected chi connectivity index (χ4v) is 5.65. The average molecular weight is 551 g/mol. The molecule has 212 valence electrons.